The molecule has 2 aromatic heterocycles. The minimum atomic E-state index is -0.199. The highest BCUT2D eigenvalue weighted by atomic mass is 32.2. The number of benzene rings is 1. The number of nitrogens with one attached hydrogen (secondary N) is 2. The van der Waals surface area contributed by atoms with Crippen LogP contribution in [0.1, 0.15) is 34.9 Å². The number of rotatable bonds is 5. The Labute approximate surface area is 167 Å². The number of nitrogens with zero attached hydrogens (tertiary/aromatic N) is 5. The lowest BCUT2D eigenvalue weighted by atomic mass is 9.98. The van der Waals surface area contributed by atoms with Gasteiger partial charge in [0.1, 0.15) is 0 Å². The van der Waals surface area contributed by atoms with Crippen molar-refractivity contribution >= 4 is 23.6 Å². The second-order valence-electron chi connectivity index (χ2n) is 6.73. The highest BCUT2D eigenvalue weighted by Crippen LogP contribution is 2.23. The maximum Gasteiger partial charge on any atom is 0.258 e. The number of anilines is 1. The summed E-state index contributed by atoms with van der Waals surface area (Å²) in [5, 5.41) is 11.6. The van der Waals surface area contributed by atoms with Crippen molar-refractivity contribution in [2.24, 2.45) is 7.05 Å². The normalized spacial score (nSPS) is 14.9. The smallest absolute Gasteiger partial charge is 0.258 e. The number of carbonyl (C=O) groups is 1. The summed E-state index contributed by atoms with van der Waals surface area (Å²) in [4.78, 5) is 21.5. The van der Waals surface area contributed by atoms with E-state index in [1.54, 1.807) is 41.8 Å². The van der Waals surface area contributed by atoms with E-state index >= 15 is 0 Å². The molecule has 0 saturated carbocycles. The number of carbonyl (C=O) groups excluding carboxylic acids is 1. The van der Waals surface area contributed by atoms with Gasteiger partial charge in [0.2, 0.25) is 5.95 Å². The Bertz CT molecular complexity index is 957. The first kappa shape index (κ1) is 18.7. The molecular formula is C19H23N7OS. The molecule has 1 aliphatic rings. The molecule has 1 saturated heterocycles. The van der Waals surface area contributed by atoms with E-state index in [1.807, 2.05) is 29.2 Å². The van der Waals surface area contributed by atoms with Gasteiger partial charge in [0, 0.05) is 36.6 Å². The molecule has 0 aliphatic carbocycles. The van der Waals surface area contributed by atoms with Gasteiger partial charge in [0.05, 0.1) is 0 Å². The van der Waals surface area contributed by atoms with Crippen LogP contribution in [0.15, 0.2) is 41.8 Å². The molecule has 3 heterocycles. The fraction of sp³-hybridized carbons (Fsp3) is 0.368. The van der Waals surface area contributed by atoms with Crippen molar-refractivity contribution in [2.75, 3.05) is 24.7 Å². The van der Waals surface area contributed by atoms with E-state index < -0.39 is 0 Å². The number of aryl methyl sites for hydroxylation is 1. The van der Waals surface area contributed by atoms with Gasteiger partial charge in [-0.1, -0.05) is 11.8 Å². The van der Waals surface area contributed by atoms with Crippen molar-refractivity contribution in [3.63, 3.8) is 0 Å². The minimum absolute atomic E-state index is 0.199. The first-order chi connectivity index (χ1) is 13.7. The van der Waals surface area contributed by atoms with Gasteiger partial charge in [-0.2, -0.15) is 10.1 Å². The maximum absolute atomic E-state index is 12.6. The molecule has 4 rings (SSSR count). The lowest BCUT2D eigenvalue weighted by Gasteiger charge is -2.19. The summed E-state index contributed by atoms with van der Waals surface area (Å²) in [6.45, 7) is 1.96. The topological polar surface area (TPSA) is 89.7 Å². The largest absolute Gasteiger partial charge is 0.317 e. The van der Waals surface area contributed by atoms with Gasteiger partial charge in [-0.3, -0.25) is 14.7 Å². The molecule has 8 nitrogen and oxygen atoms in total. The summed E-state index contributed by atoms with van der Waals surface area (Å²) < 4.78 is 3.63. The van der Waals surface area contributed by atoms with E-state index in [0.717, 1.165) is 42.6 Å². The average molecular weight is 398 g/mol. The summed E-state index contributed by atoms with van der Waals surface area (Å²) in [5.41, 5.74) is 1.53. The number of aromatic nitrogens is 5. The van der Waals surface area contributed by atoms with Crippen molar-refractivity contribution < 1.29 is 4.79 Å². The number of thioether (sulfide) groups is 1. The van der Waals surface area contributed by atoms with E-state index in [4.69, 9.17) is 0 Å². The molecule has 2 N–H and O–H groups in total. The Hall–Kier alpha value is -2.65. The van der Waals surface area contributed by atoms with Crippen molar-refractivity contribution in [2.45, 2.75) is 23.9 Å². The molecule has 28 heavy (non-hydrogen) atoms. The van der Waals surface area contributed by atoms with Gasteiger partial charge in [-0.15, -0.1) is 0 Å². The van der Waals surface area contributed by atoms with Crippen LogP contribution >= 0.6 is 11.8 Å². The van der Waals surface area contributed by atoms with E-state index in [9.17, 15) is 4.79 Å². The Morgan fingerprint density at radius 3 is 2.71 bits per heavy atom. The standard InChI is InChI=1S/C19H23N7OS/c1-25-18(22-16(24-25)13-7-9-20-10-8-13)23-17(27)14-3-5-15(6-4-14)26-12-11-21-19(26)28-2/h3-6,11-13,20H,7-10H2,1-2H3,(H,22,23,24,27). The second-order valence-corrected chi connectivity index (χ2v) is 7.50. The van der Waals surface area contributed by atoms with E-state index in [0.29, 0.717) is 17.4 Å². The van der Waals surface area contributed by atoms with Crippen LogP contribution < -0.4 is 10.6 Å². The molecule has 1 aromatic carbocycles. The highest BCUT2D eigenvalue weighted by Gasteiger charge is 2.21. The lowest BCUT2D eigenvalue weighted by Crippen LogP contribution is -2.27. The third kappa shape index (κ3) is 3.81. The van der Waals surface area contributed by atoms with Gasteiger partial charge in [0.25, 0.3) is 5.91 Å². The maximum atomic E-state index is 12.6. The Kier molecular flexibility index (Phi) is 5.45. The van der Waals surface area contributed by atoms with Gasteiger partial charge in [-0.25, -0.2) is 9.67 Å². The Morgan fingerprint density at radius 1 is 1.25 bits per heavy atom. The third-order valence-corrected chi connectivity index (χ3v) is 5.57. The van der Waals surface area contributed by atoms with Crippen molar-refractivity contribution in [3.05, 3.63) is 48.0 Å². The van der Waals surface area contributed by atoms with Crippen LogP contribution in [-0.2, 0) is 7.05 Å². The van der Waals surface area contributed by atoms with Crippen molar-refractivity contribution in [1.82, 2.24) is 29.6 Å². The van der Waals surface area contributed by atoms with Gasteiger partial charge < -0.3 is 5.32 Å². The molecule has 9 heteroatoms. The van der Waals surface area contributed by atoms with Crippen LogP contribution in [0.5, 0.6) is 0 Å². The molecule has 0 spiro atoms. The van der Waals surface area contributed by atoms with Crippen LogP contribution in [0.3, 0.4) is 0 Å². The van der Waals surface area contributed by atoms with Crippen LogP contribution in [0.25, 0.3) is 5.69 Å². The van der Waals surface area contributed by atoms with Crippen LogP contribution in [0, 0.1) is 0 Å². The van der Waals surface area contributed by atoms with Crippen molar-refractivity contribution in [1.29, 1.82) is 0 Å². The first-order valence-electron chi connectivity index (χ1n) is 9.26. The predicted molar refractivity (Wildman–Crippen MR) is 109 cm³/mol. The summed E-state index contributed by atoms with van der Waals surface area (Å²) in [5.74, 6) is 1.43. The molecule has 0 bridgehead atoms. The lowest BCUT2D eigenvalue weighted by molar-refractivity contribution is 0.102. The van der Waals surface area contributed by atoms with Crippen molar-refractivity contribution in [3.8, 4) is 5.69 Å². The molecule has 1 aliphatic heterocycles. The molecule has 0 radical (unpaired) electrons. The Morgan fingerprint density at radius 2 is 2.00 bits per heavy atom. The average Bonchev–Trinajstić information content (AvgIpc) is 3.35. The molecule has 1 fully saturated rings. The second kappa shape index (κ2) is 8.15. The fourth-order valence-electron chi connectivity index (χ4n) is 3.35. The van der Waals surface area contributed by atoms with Gasteiger partial charge in [0.15, 0.2) is 11.0 Å². The van der Waals surface area contributed by atoms with Crippen LogP contribution in [0.4, 0.5) is 5.95 Å². The van der Waals surface area contributed by atoms with Crippen LogP contribution in [-0.4, -0.2) is 49.6 Å². The molecule has 3 aromatic rings. The number of piperidine rings is 1. The molecule has 0 unspecified atom stereocenters. The molecule has 0 atom stereocenters. The summed E-state index contributed by atoms with van der Waals surface area (Å²) in [7, 11) is 1.80. The number of hydrogen-bond acceptors (Lipinski definition) is 6. The Balaban J connectivity index is 1.47. The quantitative estimate of drug-likeness (QED) is 0.643. The fourth-order valence-corrected chi connectivity index (χ4v) is 3.88. The van der Waals surface area contributed by atoms with Crippen LogP contribution in [0.2, 0.25) is 0 Å². The first-order valence-corrected chi connectivity index (χ1v) is 10.5. The summed E-state index contributed by atoms with van der Waals surface area (Å²) in [6, 6.07) is 7.43. The zero-order valence-corrected chi connectivity index (χ0v) is 16.7. The van der Waals surface area contributed by atoms with E-state index in [2.05, 4.69) is 25.7 Å². The summed E-state index contributed by atoms with van der Waals surface area (Å²) >= 11 is 1.58. The predicted octanol–water partition coefficient (Wildman–Crippen LogP) is 2.44. The number of amides is 1. The highest BCUT2D eigenvalue weighted by molar-refractivity contribution is 7.98. The van der Waals surface area contributed by atoms with Gasteiger partial charge in [-0.05, 0) is 56.5 Å². The molecular weight excluding hydrogens is 374 g/mol. The zero-order valence-electron chi connectivity index (χ0n) is 15.9. The zero-order chi connectivity index (χ0) is 19.5. The number of hydrogen-bond donors (Lipinski definition) is 2. The van der Waals surface area contributed by atoms with Gasteiger partial charge >= 0.3 is 0 Å². The third-order valence-electron chi connectivity index (χ3n) is 4.91. The SMILES string of the molecule is CSc1nccn1-c1ccc(C(=O)Nc2nc(C3CCNCC3)nn2C)cc1. The molecule has 146 valence electrons. The van der Waals surface area contributed by atoms with E-state index in [-0.39, 0.29) is 5.91 Å². The molecule has 1 amide bonds. The minimum Gasteiger partial charge on any atom is -0.317 e. The summed E-state index contributed by atoms with van der Waals surface area (Å²) in [6.07, 6.45) is 7.69. The van der Waals surface area contributed by atoms with E-state index in [1.165, 1.54) is 0 Å². The number of imidazole rings is 1. The monoisotopic (exact) mass is 397 g/mol.